The first kappa shape index (κ1) is 13.7. The summed E-state index contributed by atoms with van der Waals surface area (Å²) in [6.45, 7) is 4.66. The van der Waals surface area contributed by atoms with Crippen LogP contribution in [0.1, 0.15) is 38.8 Å². The average Bonchev–Trinajstić information content (AvgIpc) is 2.98. The predicted octanol–water partition coefficient (Wildman–Crippen LogP) is 1.63. The molecular formula is C12H17N5OS. The minimum Gasteiger partial charge on any atom is -0.352 e. The molecule has 102 valence electrons. The second-order valence-corrected chi connectivity index (χ2v) is 5.83. The maximum Gasteiger partial charge on any atom is 0.252 e. The van der Waals surface area contributed by atoms with E-state index in [0.717, 1.165) is 35.5 Å². The van der Waals surface area contributed by atoms with Crippen molar-refractivity contribution in [3.8, 4) is 0 Å². The van der Waals surface area contributed by atoms with Gasteiger partial charge in [0, 0.05) is 22.7 Å². The van der Waals surface area contributed by atoms with Crippen molar-refractivity contribution >= 4 is 17.2 Å². The van der Waals surface area contributed by atoms with Crippen molar-refractivity contribution in [1.29, 1.82) is 0 Å². The molecule has 19 heavy (non-hydrogen) atoms. The molecule has 2 rings (SSSR count). The summed E-state index contributed by atoms with van der Waals surface area (Å²) in [7, 11) is 0. The summed E-state index contributed by atoms with van der Waals surface area (Å²) in [5.74, 6) is 0.733. The Labute approximate surface area is 115 Å². The number of rotatable bonds is 6. The number of amides is 1. The van der Waals surface area contributed by atoms with Gasteiger partial charge in [0.2, 0.25) is 0 Å². The second kappa shape index (κ2) is 6.42. The first-order valence-electron chi connectivity index (χ1n) is 6.24. The summed E-state index contributed by atoms with van der Waals surface area (Å²) in [5, 5.41) is 16.6. The molecule has 0 unspecified atom stereocenters. The lowest BCUT2D eigenvalue weighted by molar-refractivity contribution is 0.0953. The summed E-state index contributed by atoms with van der Waals surface area (Å²) in [6, 6.07) is 1.94. The highest BCUT2D eigenvalue weighted by molar-refractivity contribution is 7.12. The van der Waals surface area contributed by atoms with Gasteiger partial charge in [0.1, 0.15) is 0 Å². The maximum atomic E-state index is 11.9. The van der Waals surface area contributed by atoms with Gasteiger partial charge in [-0.2, -0.15) is 5.21 Å². The predicted molar refractivity (Wildman–Crippen MR) is 73.2 cm³/mol. The van der Waals surface area contributed by atoms with Crippen molar-refractivity contribution in [3.05, 3.63) is 27.2 Å². The molecule has 0 radical (unpaired) electrons. The molecule has 0 spiro atoms. The molecule has 2 N–H and O–H groups in total. The summed E-state index contributed by atoms with van der Waals surface area (Å²) in [4.78, 5) is 14.2. The Morgan fingerprint density at radius 3 is 2.89 bits per heavy atom. The summed E-state index contributed by atoms with van der Waals surface area (Å²) in [6.07, 6.45) is 2.62. The monoisotopic (exact) mass is 279 g/mol. The maximum absolute atomic E-state index is 11.9. The number of tetrazole rings is 1. The van der Waals surface area contributed by atoms with Gasteiger partial charge in [-0.25, -0.2) is 0 Å². The Morgan fingerprint density at radius 2 is 2.26 bits per heavy atom. The average molecular weight is 279 g/mol. The fourth-order valence-electron chi connectivity index (χ4n) is 1.85. The number of nitrogens with one attached hydrogen (secondary N) is 2. The van der Waals surface area contributed by atoms with Crippen molar-refractivity contribution in [2.24, 2.45) is 0 Å². The van der Waals surface area contributed by atoms with E-state index in [9.17, 15) is 4.79 Å². The molecule has 0 saturated heterocycles. The smallest absolute Gasteiger partial charge is 0.252 e. The van der Waals surface area contributed by atoms with Gasteiger partial charge < -0.3 is 5.32 Å². The van der Waals surface area contributed by atoms with E-state index in [-0.39, 0.29) is 5.91 Å². The lowest BCUT2D eigenvalue weighted by Gasteiger charge is -2.03. The Bertz CT molecular complexity index is 534. The van der Waals surface area contributed by atoms with Crippen LogP contribution >= 0.6 is 11.3 Å². The third-order valence-corrected chi connectivity index (χ3v) is 3.75. The van der Waals surface area contributed by atoms with Gasteiger partial charge in [-0.15, -0.1) is 21.5 Å². The number of hydrogen-bond donors (Lipinski definition) is 2. The van der Waals surface area contributed by atoms with E-state index in [1.807, 2.05) is 19.9 Å². The number of thiophene rings is 1. The molecule has 0 aromatic carbocycles. The molecule has 0 bridgehead atoms. The number of aryl methyl sites for hydroxylation is 3. The topological polar surface area (TPSA) is 83.6 Å². The number of aromatic nitrogens is 4. The van der Waals surface area contributed by atoms with Crippen LogP contribution in [0.5, 0.6) is 0 Å². The van der Waals surface area contributed by atoms with Gasteiger partial charge in [-0.1, -0.05) is 5.21 Å². The summed E-state index contributed by atoms with van der Waals surface area (Å²) in [5.41, 5.74) is 0.792. The van der Waals surface area contributed by atoms with Gasteiger partial charge in [0.15, 0.2) is 5.82 Å². The molecule has 2 heterocycles. The molecule has 1 amide bonds. The van der Waals surface area contributed by atoms with Gasteiger partial charge in [0.05, 0.1) is 5.56 Å². The molecule has 2 aromatic heterocycles. The minimum atomic E-state index is 0.0152. The highest BCUT2D eigenvalue weighted by Gasteiger charge is 2.10. The van der Waals surface area contributed by atoms with Crippen LogP contribution in [0.4, 0.5) is 0 Å². The molecule has 0 fully saturated rings. The normalized spacial score (nSPS) is 10.6. The molecule has 7 heteroatoms. The van der Waals surface area contributed by atoms with Crippen molar-refractivity contribution in [3.63, 3.8) is 0 Å². The van der Waals surface area contributed by atoms with E-state index >= 15 is 0 Å². The van der Waals surface area contributed by atoms with Crippen LogP contribution in [0.25, 0.3) is 0 Å². The lowest BCUT2D eigenvalue weighted by Crippen LogP contribution is -2.24. The van der Waals surface area contributed by atoms with Crippen LogP contribution in [0.2, 0.25) is 0 Å². The summed E-state index contributed by atoms with van der Waals surface area (Å²) >= 11 is 1.65. The van der Waals surface area contributed by atoms with E-state index in [4.69, 9.17) is 0 Å². The van der Waals surface area contributed by atoms with Gasteiger partial charge in [-0.3, -0.25) is 4.79 Å². The minimum absolute atomic E-state index is 0.0152. The third kappa shape index (κ3) is 3.85. The Kier molecular flexibility index (Phi) is 4.62. The first-order valence-corrected chi connectivity index (χ1v) is 7.06. The molecule has 0 aliphatic rings. The fraction of sp³-hybridized carbons (Fsp3) is 0.500. The molecule has 0 atom stereocenters. The number of carbonyl (C=O) groups excluding carboxylic acids is 1. The van der Waals surface area contributed by atoms with Crippen molar-refractivity contribution < 1.29 is 4.79 Å². The van der Waals surface area contributed by atoms with Gasteiger partial charge >= 0.3 is 0 Å². The van der Waals surface area contributed by atoms with E-state index in [1.165, 1.54) is 4.88 Å². The Balaban J connectivity index is 1.68. The zero-order valence-electron chi connectivity index (χ0n) is 11.1. The molecule has 6 nitrogen and oxygen atoms in total. The summed E-state index contributed by atoms with van der Waals surface area (Å²) < 4.78 is 0. The molecule has 0 saturated carbocycles. The number of carbonyl (C=O) groups is 1. The van der Waals surface area contributed by atoms with E-state index < -0.39 is 0 Å². The van der Waals surface area contributed by atoms with Crippen LogP contribution in [0.15, 0.2) is 6.07 Å². The van der Waals surface area contributed by atoms with Crippen LogP contribution in [-0.2, 0) is 6.42 Å². The van der Waals surface area contributed by atoms with Gasteiger partial charge in [-0.05, 0) is 32.8 Å². The molecular weight excluding hydrogens is 262 g/mol. The molecule has 0 aliphatic heterocycles. The highest BCUT2D eigenvalue weighted by atomic mass is 32.1. The third-order valence-electron chi connectivity index (χ3n) is 2.79. The first-order chi connectivity index (χ1) is 9.16. The second-order valence-electron chi connectivity index (χ2n) is 4.37. The van der Waals surface area contributed by atoms with E-state index in [1.54, 1.807) is 11.3 Å². The highest BCUT2D eigenvalue weighted by Crippen LogP contribution is 2.20. The molecule has 2 aromatic rings. The zero-order chi connectivity index (χ0) is 13.7. The Morgan fingerprint density at radius 1 is 1.42 bits per heavy atom. The van der Waals surface area contributed by atoms with Crippen LogP contribution < -0.4 is 5.32 Å². The Hall–Kier alpha value is -1.76. The van der Waals surface area contributed by atoms with Crippen molar-refractivity contribution in [1.82, 2.24) is 25.9 Å². The SMILES string of the molecule is Cc1cc(C(=O)NCCCCc2nn[nH]n2)c(C)s1. The number of aromatic amines is 1. The number of unbranched alkanes of at least 4 members (excludes halogenated alkanes) is 1. The largest absolute Gasteiger partial charge is 0.352 e. The quantitative estimate of drug-likeness (QED) is 0.787. The van der Waals surface area contributed by atoms with Crippen molar-refractivity contribution in [2.45, 2.75) is 33.1 Å². The zero-order valence-corrected chi connectivity index (χ0v) is 11.9. The molecule has 0 aliphatic carbocycles. The fourth-order valence-corrected chi connectivity index (χ4v) is 2.77. The van der Waals surface area contributed by atoms with Crippen LogP contribution in [0.3, 0.4) is 0 Å². The van der Waals surface area contributed by atoms with Crippen LogP contribution in [-0.4, -0.2) is 33.1 Å². The van der Waals surface area contributed by atoms with Crippen molar-refractivity contribution in [2.75, 3.05) is 6.54 Å². The van der Waals surface area contributed by atoms with Crippen LogP contribution in [0, 0.1) is 13.8 Å². The van der Waals surface area contributed by atoms with E-state index in [0.29, 0.717) is 6.54 Å². The van der Waals surface area contributed by atoms with E-state index in [2.05, 4.69) is 25.9 Å². The van der Waals surface area contributed by atoms with Gasteiger partial charge in [0.25, 0.3) is 5.91 Å². The number of hydrogen-bond acceptors (Lipinski definition) is 5. The lowest BCUT2D eigenvalue weighted by atomic mass is 10.2. The number of nitrogens with zero attached hydrogens (tertiary/aromatic N) is 3. The standard InChI is InChI=1S/C12H17N5OS/c1-8-7-10(9(2)19-8)12(18)13-6-4-3-5-11-14-16-17-15-11/h7H,3-6H2,1-2H3,(H,13,18)(H,14,15,16,17). The number of H-pyrrole nitrogens is 1.